The number of aliphatic hydroxyl groups is 1. The second-order valence-electron chi connectivity index (χ2n) is 3.89. The van der Waals surface area contributed by atoms with Crippen molar-refractivity contribution in [3.8, 4) is 17.6 Å². The van der Waals surface area contributed by atoms with Crippen molar-refractivity contribution >= 4 is 11.6 Å². The highest BCUT2D eigenvalue weighted by Crippen LogP contribution is 2.20. The summed E-state index contributed by atoms with van der Waals surface area (Å²) in [7, 11) is 0. The van der Waals surface area contributed by atoms with Gasteiger partial charge in [0.25, 0.3) is 0 Å². The molecule has 0 fully saturated rings. The lowest BCUT2D eigenvalue weighted by molar-refractivity contribution is 0.305. The summed E-state index contributed by atoms with van der Waals surface area (Å²) in [5.74, 6) is 5.40. The van der Waals surface area contributed by atoms with Crippen LogP contribution in [0.3, 0.4) is 0 Å². The Morgan fingerprint density at radius 2 is 2.15 bits per heavy atom. The third kappa shape index (κ3) is 3.95. The van der Waals surface area contributed by atoms with Crippen LogP contribution < -0.4 is 4.74 Å². The topological polar surface area (TPSA) is 42.4 Å². The molecule has 1 aromatic carbocycles. The lowest BCUT2D eigenvalue weighted by Gasteiger charge is -2.07. The van der Waals surface area contributed by atoms with Crippen molar-refractivity contribution in [3.05, 3.63) is 58.6 Å². The average molecular weight is 292 g/mol. The Kier molecular flexibility index (Phi) is 4.94. The highest BCUT2D eigenvalue weighted by molar-refractivity contribution is 6.31. The van der Waals surface area contributed by atoms with Crippen LogP contribution >= 0.6 is 11.6 Å². The molecule has 2 rings (SSSR count). The summed E-state index contributed by atoms with van der Waals surface area (Å²) in [6.45, 7) is -0.00600. The molecule has 0 saturated carbocycles. The molecule has 0 aliphatic rings. The smallest absolute Gasteiger partial charge is 0.139 e. The summed E-state index contributed by atoms with van der Waals surface area (Å²) >= 11 is 5.91. The predicted octanol–water partition coefficient (Wildman–Crippen LogP) is 2.80. The number of ether oxygens (including phenoxy) is 1. The van der Waals surface area contributed by atoms with Crippen LogP contribution in [0.5, 0.6) is 5.75 Å². The fourth-order valence-electron chi connectivity index (χ4n) is 1.51. The van der Waals surface area contributed by atoms with Gasteiger partial charge in [0.1, 0.15) is 24.8 Å². The normalized spacial score (nSPS) is 9.75. The van der Waals surface area contributed by atoms with E-state index in [0.717, 1.165) is 0 Å². The van der Waals surface area contributed by atoms with Crippen molar-refractivity contribution in [2.24, 2.45) is 0 Å². The summed E-state index contributed by atoms with van der Waals surface area (Å²) in [6, 6.07) is 5.83. The zero-order chi connectivity index (χ0) is 14.4. The van der Waals surface area contributed by atoms with Gasteiger partial charge in [-0.25, -0.2) is 4.39 Å². The molecule has 2 aromatic rings. The van der Waals surface area contributed by atoms with Crippen LogP contribution in [0.2, 0.25) is 5.02 Å². The monoisotopic (exact) mass is 291 g/mol. The molecular weight excluding hydrogens is 281 g/mol. The van der Waals surface area contributed by atoms with Crippen molar-refractivity contribution in [2.45, 2.75) is 6.61 Å². The maximum absolute atomic E-state index is 12.9. The number of hydrogen-bond acceptors (Lipinski definition) is 3. The first-order valence-corrected chi connectivity index (χ1v) is 6.18. The molecule has 0 bridgehead atoms. The maximum Gasteiger partial charge on any atom is 0.139 e. The summed E-state index contributed by atoms with van der Waals surface area (Å²) in [5.41, 5.74) is 1.32. The Bertz CT molecular complexity index is 664. The number of aromatic nitrogens is 1. The molecule has 20 heavy (non-hydrogen) atoms. The highest BCUT2D eigenvalue weighted by atomic mass is 35.5. The first kappa shape index (κ1) is 14.3. The average Bonchev–Trinajstić information content (AvgIpc) is 2.45. The number of benzene rings is 1. The molecule has 1 aromatic heterocycles. The fraction of sp³-hybridized carbons (Fsp3) is 0.133. The second kappa shape index (κ2) is 6.90. The Hall–Kier alpha value is -2.09. The van der Waals surface area contributed by atoms with E-state index in [9.17, 15) is 4.39 Å². The van der Waals surface area contributed by atoms with Gasteiger partial charge in [-0.05, 0) is 18.2 Å². The predicted molar refractivity (Wildman–Crippen MR) is 73.9 cm³/mol. The number of pyridine rings is 1. The quantitative estimate of drug-likeness (QED) is 0.884. The van der Waals surface area contributed by atoms with Crippen molar-refractivity contribution in [1.82, 2.24) is 4.98 Å². The van der Waals surface area contributed by atoms with E-state index in [4.69, 9.17) is 21.4 Å². The van der Waals surface area contributed by atoms with E-state index in [2.05, 4.69) is 16.8 Å². The molecule has 5 heteroatoms. The Morgan fingerprint density at radius 1 is 1.30 bits per heavy atom. The molecule has 0 unspecified atom stereocenters. The van der Waals surface area contributed by atoms with Crippen LogP contribution in [-0.4, -0.2) is 16.7 Å². The van der Waals surface area contributed by atoms with Gasteiger partial charge in [0.2, 0.25) is 0 Å². The van der Waals surface area contributed by atoms with Gasteiger partial charge in [-0.3, -0.25) is 4.98 Å². The molecule has 1 heterocycles. The van der Waals surface area contributed by atoms with Crippen LogP contribution in [0.4, 0.5) is 4.39 Å². The molecule has 0 saturated heterocycles. The Morgan fingerprint density at radius 3 is 2.90 bits per heavy atom. The van der Waals surface area contributed by atoms with Gasteiger partial charge in [0.15, 0.2) is 0 Å². The minimum atomic E-state index is -0.387. The Labute approximate surface area is 121 Å². The molecule has 3 nitrogen and oxygen atoms in total. The van der Waals surface area contributed by atoms with E-state index in [1.54, 1.807) is 24.5 Å². The zero-order valence-electron chi connectivity index (χ0n) is 10.4. The molecule has 0 radical (unpaired) electrons. The van der Waals surface area contributed by atoms with Gasteiger partial charge in [0, 0.05) is 17.3 Å². The minimum absolute atomic E-state index is 0.206. The van der Waals surface area contributed by atoms with Gasteiger partial charge in [-0.1, -0.05) is 29.5 Å². The molecule has 1 N–H and O–H groups in total. The van der Waals surface area contributed by atoms with Crippen molar-refractivity contribution in [1.29, 1.82) is 0 Å². The lowest BCUT2D eigenvalue weighted by atomic mass is 10.2. The first-order valence-electron chi connectivity index (χ1n) is 5.80. The van der Waals surface area contributed by atoms with E-state index in [0.29, 0.717) is 21.9 Å². The molecule has 0 aliphatic carbocycles. The van der Waals surface area contributed by atoms with Crippen LogP contribution in [0.15, 0.2) is 36.7 Å². The van der Waals surface area contributed by atoms with E-state index in [1.165, 1.54) is 12.1 Å². The number of rotatable bonds is 3. The van der Waals surface area contributed by atoms with Gasteiger partial charge < -0.3 is 9.84 Å². The van der Waals surface area contributed by atoms with Gasteiger partial charge in [0.05, 0.1) is 11.2 Å². The highest BCUT2D eigenvalue weighted by Gasteiger charge is 2.03. The number of aliphatic hydroxyl groups excluding tert-OH is 1. The number of hydrogen-bond donors (Lipinski definition) is 1. The minimum Gasteiger partial charge on any atom is -0.487 e. The SMILES string of the molecule is OCC#Cc1cncc(OCc2ccc(F)cc2Cl)c1. The van der Waals surface area contributed by atoms with Crippen LogP contribution in [0, 0.1) is 17.7 Å². The van der Waals surface area contributed by atoms with E-state index in [-0.39, 0.29) is 19.0 Å². The second-order valence-corrected chi connectivity index (χ2v) is 4.30. The van der Waals surface area contributed by atoms with Crippen molar-refractivity contribution in [3.63, 3.8) is 0 Å². The lowest BCUT2D eigenvalue weighted by Crippen LogP contribution is -1.97. The zero-order valence-corrected chi connectivity index (χ0v) is 11.2. The first-order chi connectivity index (χ1) is 9.69. The van der Waals surface area contributed by atoms with Crippen molar-refractivity contribution < 1.29 is 14.2 Å². The van der Waals surface area contributed by atoms with Crippen LogP contribution in [0.25, 0.3) is 0 Å². The van der Waals surface area contributed by atoms with Gasteiger partial charge in [-0.15, -0.1) is 0 Å². The van der Waals surface area contributed by atoms with Crippen LogP contribution in [-0.2, 0) is 6.61 Å². The fourth-order valence-corrected chi connectivity index (χ4v) is 1.73. The van der Waals surface area contributed by atoms with Crippen LogP contribution in [0.1, 0.15) is 11.1 Å². The molecule has 0 amide bonds. The third-order valence-electron chi connectivity index (χ3n) is 2.43. The molecule has 0 aliphatic heterocycles. The summed E-state index contributed by atoms with van der Waals surface area (Å²) in [6.07, 6.45) is 3.11. The molecule has 0 atom stereocenters. The standard InChI is InChI=1S/C15H11ClFNO2/c16-15-7-13(17)4-3-12(15)10-20-14-6-11(2-1-5-19)8-18-9-14/h3-4,6-9,19H,5,10H2. The van der Waals surface area contributed by atoms with E-state index >= 15 is 0 Å². The maximum atomic E-state index is 12.9. The molecule has 0 spiro atoms. The van der Waals surface area contributed by atoms with E-state index < -0.39 is 0 Å². The largest absolute Gasteiger partial charge is 0.487 e. The summed E-state index contributed by atoms with van der Waals surface area (Å²) < 4.78 is 18.4. The third-order valence-corrected chi connectivity index (χ3v) is 2.79. The summed E-state index contributed by atoms with van der Waals surface area (Å²) in [5, 5.41) is 8.95. The molecular formula is C15H11ClFNO2. The number of nitrogens with zero attached hydrogens (tertiary/aromatic N) is 1. The van der Waals surface area contributed by atoms with Gasteiger partial charge >= 0.3 is 0 Å². The number of halogens is 2. The summed E-state index contributed by atoms with van der Waals surface area (Å²) in [4.78, 5) is 3.98. The molecule has 102 valence electrons. The van der Waals surface area contributed by atoms with Gasteiger partial charge in [-0.2, -0.15) is 0 Å². The Balaban J connectivity index is 2.07. The van der Waals surface area contributed by atoms with E-state index in [1.807, 2.05) is 0 Å². The van der Waals surface area contributed by atoms with Crippen molar-refractivity contribution in [2.75, 3.05) is 6.61 Å².